The van der Waals surface area contributed by atoms with E-state index in [1.165, 1.54) is 11.0 Å². The van der Waals surface area contributed by atoms with Gasteiger partial charge in [-0.2, -0.15) is 0 Å². The summed E-state index contributed by atoms with van der Waals surface area (Å²) >= 11 is 0.659. The summed E-state index contributed by atoms with van der Waals surface area (Å²) in [6.45, 7) is 1.20. The Balaban J connectivity index is 1.80. The summed E-state index contributed by atoms with van der Waals surface area (Å²) in [5.41, 5.74) is 5.99. The molecule has 0 saturated carbocycles. The van der Waals surface area contributed by atoms with Crippen LogP contribution in [-0.4, -0.2) is 21.9 Å². The van der Waals surface area contributed by atoms with E-state index in [4.69, 9.17) is 0 Å². The van der Waals surface area contributed by atoms with Crippen molar-refractivity contribution in [3.8, 4) is 0 Å². The molecule has 0 aliphatic carbocycles. The van der Waals surface area contributed by atoms with Crippen molar-refractivity contribution in [1.82, 2.24) is 10.9 Å². The van der Waals surface area contributed by atoms with Gasteiger partial charge in [-0.25, -0.2) is 0 Å². The summed E-state index contributed by atoms with van der Waals surface area (Å²) < 4.78 is 2.62. The van der Waals surface area contributed by atoms with Gasteiger partial charge in [-0.15, -0.1) is 0 Å². The maximum atomic E-state index is 3.09. The Morgan fingerprint density at radius 1 is 1.86 bits per heavy atom. The molecule has 0 amide bonds. The van der Waals surface area contributed by atoms with Gasteiger partial charge < -0.3 is 0 Å². The first kappa shape index (κ1) is 5.78. The van der Waals surface area contributed by atoms with E-state index < -0.39 is 0 Å². The average molecular weight is 213 g/mol. The van der Waals surface area contributed by atoms with Crippen molar-refractivity contribution in [1.29, 1.82) is 0 Å². The zero-order valence-corrected chi connectivity index (χ0v) is 6.53. The van der Waals surface area contributed by atoms with Crippen LogP contribution >= 0.6 is 0 Å². The number of rotatable bonds is 3. The molecule has 3 heteroatoms. The predicted octanol–water partition coefficient (Wildman–Crippen LogP) is -3.82. The Bertz CT molecular complexity index is 53.7. The normalized spacial score (nSPS) is 29.0. The summed E-state index contributed by atoms with van der Waals surface area (Å²) in [7, 11) is 1.92. The first-order valence-electron chi connectivity index (χ1n) is 2.41. The van der Waals surface area contributed by atoms with Crippen LogP contribution in [0.3, 0.4) is 0 Å². The zero-order chi connectivity index (χ0) is 5.11. The fraction of sp³-hybridized carbons (Fsp3) is 1.00. The molecule has 7 heavy (non-hydrogen) atoms. The molecular formula is C4H10IN2-. The third kappa shape index (κ3) is 2.46. The predicted molar refractivity (Wildman–Crippen MR) is 25.7 cm³/mol. The molecule has 1 aliphatic rings. The Labute approximate surface area is 54.3 Å². The molecule has 2 nitrogen and oxygen atoms in total. The van der Waals surface area contributed by atoms with Crippen molar-refractivity contribution >= 4 is 0 Å². The molecule has 1 rings (SSSR count). The minimum absolute atomic E-state index is 0.659. The van der Waals surface area contributed by atoms with Crippen LogP contribution in [0.4, 0.5) is 0 Å². The Morgan fingerprint density at radius 3 is 3.00 bits per heavy atom. The number of halogens is 1. The molecule has 0 spiro atoms. The van der Waals surface area contributed by atoms with E-state index >= 15 is 0 Å². The van der Waals surface area contributed by atoms with Gasteiger partial charge in [0.1, 0.15) is 0 Å². The summed E-state index contributed by atoms with van der Waals surface area (Å²) in [6, 6.07) is 0. The quantitative estimate of drug-likeness (QED) is 0.285. The Kier molecular flexibility index (Phi) is 2.34. The van der Waals surface area contributed by atoms with Crippen LogP contribution in [0.25, 0.3) is 0 Å². The van der Waals surface area contributed by atoms with Gasteiger partial charge in [0, 0.05) is 0 Å². The standard InChI is InChI=1S/C4H10IN2/c1-6-7-3-4-2-5-4/h4,6-7H,2-3H2,1H3/q-1. The number of nitrogens with one attached hydrogen (secondary N) is 2. The molecule has 0 aromatic rings. The molecule has 0 aromatic carbocycles. The van der Waals surface area contributed by atoms with Crippen LogP contribution in [0.5, 0.6) is 0 Å². The van der Waals surface area contributed by atoms with E-state index in [0.717, 1.165) is 3.92 Å². The Morgan fingerprint density at radius 2 is 2.57 bits per heavy atom. The fourth-order valence-electron chi connectivity index (χ4n) is 0.385. The molecule has 0 aromatic heterocycles. The van der Waals surface area contributed by atoms with Crippen LogP contribution in [0.1, 0.15) is 0 Å². The molecular weight excluding hydrogens is 203 g/mol. The van der Waals surface area contributed by atoms with Gasteiger partial charge in [-0.05, 0) is 0 Å². The van der Waals surface area contributed by atoms with Gasteiger partial charge in [0.05, 0.1) is 0 Å². The number of hydrazine groups is 1. The van der Waals surface area contributed by atoms with Crippen molar-refractivity contribution in [3.05, 3.63) is 0 Å². The van der Waals surface area contributed by atoms with Crippen molar-refractivity contribution in [2.45, 2.75) is 3.92 Å². The number of hydrogen-bond acceptors (Lipinski definition) is 2. The first-order valence-corrected chi connectivity index (χ1v) is 5.18. The fourth-order valence-corrected chi connectivity index (χ4v) is 1.59. The summed E-state index contributed by atoms with van der Waals surface area (Å²) in [5, 5.41) is 0. The second-order valence-electron chi connectivity index (χ2n) is 1.54. The topological polar surface area (TPSA) is 24.1 Å². The minimum atomic E-state index is 0.659. The monoisotopic (exact) mass is 213 g/mol. The van der Waals surface area contributed by atoms with Crippen molar-refractivity contribution in [2.75, 3.05) is 18.0 Å². The van der Waals surface area contributed by atoms with Gasteiger partial charge in [-0.3, -0.25) is 0 Å². The number of hydrogen-bond donors (Lipinski definition) is 2. The SMILES string of the molecule is CNNCC1C[I-]1. The average Bonchev–Trinajstić information content (AvgIpc) is 2.42. The van der Waals surface area contributed by atoms with E-state index in [2.05, 4.69) is 10.9 Å². The van der Waals surface area contributed by atoms with E-state index in [-0.39, 0.29) is 0 Å². The van der Waals surface area contributed by atoms with E-state index in [1.54, 1.807) is 0 Å². The molecule has 1 fully saturated rings. The molecule has 1 unspecified atom stereocenters. The third-order valence-corrected chi connectivity index (χ3v) is 3.44. The van der Waals surface area contributed by atoms with Crippen molar-refractivity contribution in [3.63, 3.8) is 0 Å². The van der Waals surface area contributed by atoms with Crippen LogP contribution in [0, 0.1) is 0 Å². The van der Waals surface area contributed by atoms with Gasteiger partial charge in [-0.1, -0.05) is 0 Å². The van der Waals surface area contributed by atoms with Crippen LogP contribution < -0.4 is 32.1 Å². The maximum absolute atomic E-state index is 3.09. The number of alkyl halides is 2. The second kappa shape index (κ2) is 2.84. The van der Waals surface area contributed by atoms with Gasteiger partial charge >= 0.3 is 54.0 Å². The van der Waals surface area contributed by atoms with Crippen LogP contribution in [0.2, 0.25) is 0 Å². The molecule has 1 heterocycles. The van der Waals surface area contributed by atoms with Crippen molar-refractivity contribution < 1.29 is 21.2 Å². The summed E-state index contributed by atoms with van der Waals surface area (Å²) in [5.74, 6) is 0. The molecule has 0 radical (unpaired) electrons. The van der Waals surface area contributed by atoms with Gasteiger partial charge in [0.15, 0.2) is 0 Å². The molecule has 1 aliphatic heterocycles. The van der Waals surface area contributed by atoms with Gasteiger partial charge in [0.2, 0.25) is 0 Å². The summed E-state index contributed by atoms with van der Waals surface area (Å²) in [4.78, 5) is 0. The van der Waals surface area contributed by atoms with Crippen LogP contribution in [-0.2, 0) is 0 Å². The third-order valence-electron chi connectivity index (χ3n) is 0.873. The van der Waals surface area contributed by atoms with Gasteiger partial charge in [0.25, 0.3) is 0 Å². The van der Waals surface area contributed by atoms with Crippen LogP contribution in [0.15, 0.2) is 0 Å². The first-order chi connectivity index (χ1) is 3.43. The Hall–Kier alpha value is 0.650. The molecule has 1 saturated heterocycles. The van der Waals surface area contributed by atoms with E-state index in [0.29, 0.717) is 21.2 Å². The zero-order valence-electron chi connectivity index (χ0n) is 4.37. The molecule has 2 N–H and O–H groups in total. The summed E-state index contributed by atoms with van der Waals surface area (Å²) in [6.07, 6.45) is 0. The molecule has 44 valence electrons. The van der Waals surface area contributed by atoms with E-state index in [9.17, 15) is 0 Å². The molecule has 0 bridgehead atoms. The van der Waals surface area contributed by atoms with E-state index in [1.807, 2.05) is 7.05 Å². The second-order valence-corrected chi connectivity index (χ2v) is 5.06. The van der Waals surface area contributed by atoms with Crippen molar-refractivity contribution in [2.24, 2.45) is 0 Å². The molecule has 1 atom stereocenters.